The molecule has 1 unspecified atom stereocenters. The highest BCUT2D eigenvalue weighted by molar-refractivity contribution is 5.56. The first-order valence-electron chi connectivity index (χ1n) is 7.94. The molecular weight excluding hydrogens is 251 g/mol. The van der Waals surface area contributed by atoms with E-state index in [1.165, 1.54) is 19.3 Å². The Labute approximate surface area is 122 Å². The number of rotatable bonds is 7. The molecule has 1 saturated carbocycles. The van der Waals surface area contributed by atoms with Crippen molar-refractivity contribution in [1.29, 1.82) is 0 Å². The summed E-state index contributed by atoms with van der Waals surface area (Å²) in [7, 11) is 0. The lowest BCUT2D eigenvalue weighted by Crippen LogP contribution is -2.34. The third-order valence-corrected chi connectivity index (χ3v) is 4.40. The fraction of sp³-hybridized carbons (Fsp3) is 0.647. The van der Waals surface area contributed by atoms with Crippen molar-refractivity contribution in [3.63, 3.8) is 0 Å². The molecule has 112 valence electrons. The largest absolute Gasteiger partial charge is 0.369 e. The summed E-state index contributed by atoms with van der Waals surface area (Å²) >= 11 is 0. The normalized spacial score (nSPS) is 16.8. The average molecular weight is 278 g/mol. The number of hydrogen-bond donors (Lipinski definition) is 1. The first-order valence-corrected chi connectivity index (χ1v) is 7.94. The van der Waals surface area contributed by atoms with Crippen molar-refractivity contribution in [2.24, 2.45) is 5.92 Å². The molecule has 2 nitrogen and oxygen atoms in total. The minimum atomic E-state index is -0.0894. The Morgan fingerprint density at radius 1 is 1.35 bits per heavy atom. The molecule has 0 bridgehead atoms. The summed E-state index contributed by atoms with van der Waals surface area (Å²) in [5.74, 6) is 0.658. The van der Waals surface area contributed by atoms with Gasteiger partial charge in [-0.3, -0.25) is 0 Å². The molecule has 20 heavy (non-hydrogen) atoms. The SMILES string of the molecule is CCNC(C)c1cccc(F)c1N(CC)CC1CCC1. The van der Waals surface area contributed by atoms with Crippen LogP contribution in [0, 0.1) is 11.7 Å². The number of anilines is 1. The topological polar surface area (TPSA) is 15.3 Å². The predicted octanol–water partition coefficient (Wildman–Crippen LogP) is 4.12. The zero-order valence-corrected chi connectivity index (χ0v) is 13.0. The van der Waals surface area contributed by atoms with Crippen LogP contribution in [0.25, 0.3) is 0 Å². The van der Waals surface area contributed by atoms with Gasteiger partial charge in [-0.25, -0.2) is 4.39 Å². The summed E-state index contributed by atoms with van der Waals surface area (Å²) < 4.78 is 14.4. The van der Waals surface area contributed by atoms with E-state index in [0.29, 0.717) is 0 Å². The maximum atomic E-state index is 14.4. The lowest BCUT2D eigenvalue weighted by atomic mass is 9.85. The number of para-hydroxylation sites is 1. The highest BCUT2D eigenvalue weighted by Crippen LogP contribution is 2.33. The average Bonchev–Trinajstić information content (AvgIpc) is 2.39. The highest BCUT2D eigenvalue weighted by Gasteiger charge is 2.24. The second-order valence-corrected chi connectivity index (χ2v) is 5.79. The smallest absolute Gasteiger partial charge is 0.146 e. The first kappa shape index (κ1) is 15.3. The van der Waals surface area contributed by atoms with Crippen LogP contribution in [0.2, 0.25) is 0 Å². The van der Waals surface area contributed by atoms with Crippen LogP contribution < -0.4 is 10.2 Å². The van der Waals surface area contributed by atoms with Crippen molar-refractivity contribution in [1.82, 2.24) is 5.32 Å². The van der Waals surface area contributed by atoms with E-state index in [2.05, 4.69) is 37.1 Å². The van der Waals surface area contributed by atoms with Gasteiger partial charge in [-0.05, 0) is 50.8 Å². The van der Waals surface area contributed by atoms with Gasteiger partial charge >= 0.3 is 0 Å². The molecule has 2 rings (SSSR count). The van der Waals surface area contributed by atoms with Gasteiger partial charge in [-0.2, -0.15) is 0 Å². The zero-order chi connectivity index (χ0) is 14.5. The number of nitrogens with zero attached hydrogens (tertiary/aromatic N) is 1. The Morgan fingerprint density at radius 2 is 2.10 bits per heavy atom. The van der Waals surface area contributed by atoms with Crippen molar-refractivity contribution in [3.8, 4) is 0 Å². The molecule has 1 aromatic rings. The second kappa shape index (κ2) is 7.07. The molecule has 0 aliphatic heterocycles. The van der Waals surface area contributed by atoms with Crippen molar-refractivity contribution in [2.75, 3.05) is 24.5 Å². The molecule has 0 amide bonds. The number of hydrogen-bond acceptors (Lipinski definition) is 2. The van der Waals surface area contributed by atoms with Gasteiger partial charge in [0.05, 0.1) is 5.69 Å². The summed E-state index contributed by atoms with van der Waals surface area (Å²) in [6.07, 6.45) is 3.92. The van der Waals surface area contributed by atoms with Crippen LogP contribution >= 0.6 is 0 Å². The maximum absolute atomic E-state index is 14.4. The molecule has 1 aromatic carbocycles. The van der Waals surface area contributed by atoms with E-state index >= 15 is 0 Å². The molecule has 1 atom stereocenters. The first-order chi connectivity index (χ1) is 9.67. The molecule has 1 fully saturated rings. The predicted molar refractivity (Wildman–Crippen MR) is 83.7 cm³/mol. The van der Waals surface area contributed by atoms with Crippen LogP contribution in [0.15, 0.2) is 18.2 Å². The van der Waals surface area contributed by atoms with E-state index in [4.69, 9.17) is 0 Å². The summed E-state index contributed by atoms with van der Waals surface area (Å²) in [5, 5.41) is 3.40. The van der Waals surface area contributed by atoms with Crippen molar-refractivity contribution in [2.45, 2.75) is 46.1 Å². The Bertz CT molecular complexity index is 429. The maximum Gasteiger partial charge on any atom is 0.146 e. The van der Waals surface area contributed by atoms with Crippen LogP contribution in [0.5, 0.6) is 0 Å². The van der Waals surface area contributed by atoms with Crippen LogP contribution in [-0.2, 0) is 0 Å². The van der Waals surface area contributed by atoms with Crippen LogP contribution in [0.4, 0.5) is 10.1 Å². The van der Waals surface area contributed by atoms with E-state index in [1.54, 1.807) is 6.07 Å². The van der Waals surface area contributed by atoms with Gasteiger partial charge in [0, 0.05) is 19.1 Å². The summed E-state index contributed by atoms with van der Waals surface area (Å²) in [6, 6.07) is 5.64. The minimum absolute atomic E-state index is 0.0894. The third kappa shape index (κ3) is 3.32. The standard InChI is InChI=1S/C17H27FN2/c1-4-19-13(3)15-10-7-11-16(18)17(15)20(5-2)12-14-8-6-9-14/h7,10-11,13-14,19H,4-6,8-9,12H2,1-3H3. The van der Waals surface area contributed by atoms with Crippen LogP contribution in [0.3, 0.4) is 0 Å². The van der Waals surface area contributed by atoms with E-state index in [0.717, 1.165) is 36.8 Å². The molecule has 0 heterocycles. The Morgan fingerprint density at radius 3 is 2.65 bits per heavy atom. The second-order valence-electron chi connectivity index (χ2n) is 5.79. The lowest BCUT2D eigenvalue weighted by Gasteiger charge is -2.35. The lowest BCUT2D eigenvalue weighted by molar-refractivity contribution is 0.317. The number of halogens is 1. The monoisotopic (exact) mass is 278 g/mol. The molecule has 1 N–H and O–H groups in total. The van der Waals surface area contributed by atoms with Gasteiger partial charge in [-0.1, -0.05) is 25.5 Å². The van der Waals surface area contributed by atoms with Gasteiger partial charge < -0.3 is 10.2 Å². The summed E-state index contributed by atoms with van der Waals surface area (Å²) in [5.41, 5.74) is 1.88. The van der Waals surface area contributed by atoms with Gasteiger partial charge in [-0.15, -0.1) is 0 Å². The summed E-state index contributed by atoms with van der Waals surface area (Å²) in [4.78, 5) is 2.22. The van der Waals surface area contributed by atoms with Gasteiger partial charge in [0.1, 0.15) is 5.82 Å². The molecule has 3 heteroatoms. The van der Waals surface area contributed by atoms with Crippen molar-refractivity contribution >= 4 is 5.69 Å². The molecule has 0 radical (unpaired) electrons. The highest BCUT2D eigenvalue weighted by atomic mass is 19.1. The van der Waals surface area contributed by atoms with Gasteiger partial charge in [0.15, 0.2) is 0 Å². The summed E-state index contributed by atoms with van der Waals surface area (Å²) in [6.45, 7) is 9.06. The van der Waals surface area contributed by atoms with Crippen molar-refractivity contribution in [3.05, 3.63) is 29.6 Å². The molecular formula is C17H27FN2. The molecule has 1 aliphatic rings. The van der Waals surface area contributed by atoms with Crippen LogP contribution in [-0.4, -0.2) is 19.6 Å². The molecule has 0 aromatic heterocycles. The van der Waals surface area contributed by atoms with E-state index < -0.39 is 0 Å². The van der Waals surface area contributed by atoms with E-state index in [9.17, 15) is 4.39 Å². The third-order valence-electron chi connectivity index (χ3n) is 4.40. The Hall–Kier alpha value is -1.09. The fourth-order valence-electron chi connectivity index (χ4n) is 3.00. The van der Waals surface area contributed by atoms with Crippen molar-refractivity contribution < 1.29 is 4.39 Å². The quantitative estimate of drug-likeness (QED) is 0.807. The number of nitrogens with one attached hydrogen (secondary N) is 1. The Balaban J connectivity index is 2.26. The van der Waals surface area contributed by atoms with E-state index in [-0.39, 0.29) is 11.9 Å². The number of benzene rings is 1. The molecule has 0 saturated heterocycles. The van der Waals surface area contributed by atoms with E-state index in [1.807, 2.05) is 6.07 Å². The zero-order valence-electron chi connectivity index (χ0n) is 13.0. The minimum Gasteiger partial charge on any atom is -0.369 e. The fourth-order valence-corrected chi connectivity index (χ4v) is 3.00. The molecule has 0 spiro atoms. The Kier molecular flexibility index (Phi) is 5.41. The van der Waals surface area contributed by atoms with Gasteiger partial charge in [0.25, 0.3) is 0 Å². The van der Waals surface area contributed by atoms with Gasteiger partial charge in [0.2, 0.25) is 0 Å². The molecule has 1 aliphatic carbocycles. The van der Waals surface area contributed by atoms with Crippen LogP contribution in [0.1, 0.15) is 51.6 Å².